The Hall–Kier alpha value is -1.64. The van der Waals surface area contributed by atoms with Crippen molar-refractivity contribution in [2.24, 2.45) is 0 Å². The number of anilines is 1. The van der Waals surface area contributed by atoms with E-state index in [1.54, 1.807) is 12.1 Å². The maximum atomic E-state index is 12.8. The van der Waals surface area contributed by atoms with Crippen LogP contribution >= 0.6 is 0 Å². The Morgan fingerprint density at radius 2 is 1.85 bits per heavy atom. The normalized spacial score (nSPS) is 16.1. The fourth-order valence-electron chi connectivity index (χ4n) is 2.75. The number of hydrogen-bond acceptors (Lipinski definition) is 6. The number of unbranched alkanes of at least 4 members (excludes halogenated alkanes) is 1. The van der Waals surface area contributed by atoms with Gasteiger partial charge in [0.05, 0.1) is 17.9 Å². The van der Waals surface area contributed by atoms with Crippen LogP contribution in [0.25, 0.3) is 0 Å². The van der Waals surface area contributed by atoms with Gasteiger partial charge in [0.2, 0.25) is 10.0 Å². The van der Waals surface area contributed by atoms with Gasteiger partial charge in [0.15, 0.2) is 0 Å². The van der Waals surface area contributed by atoms with Crippen LogP contribution in [0.2, 0.25) is 0 Å². The molecule has 0 radical (unpaired) electrons. The monoisotopic (exact) mass is 383 g/mol. The predicted molar refractivity (Wildman–Crippen MR) is 102 cm³/mol. The molecule has 1 aliphatic heterocycles. The van der Waals surface area contributed by atoms with E-state index in [0.29, 0.717) is 12.3 Å². The number of benzene rings is 1. The number of sulfonamides is 1. The molecule has 0 atom stereocenters. The molecule has 7 nitrogen and oxygen atoms in total. The molecule has 0 aromatic heterocycles. The lowest BCUT2D eigenvalue weighted by Gasteiger charge is -2.35. The molecule has 1 heterocycles. The quantitative estimate of drug-likeness (QED) is 0.527. The van der Waals surface area contributed by atoms with Crippen molar-refractivity contribution < 1.29 is 17.9 Å². The van der Waals surface area contributed by atoms with E-state index in [-0.39, 0.29) is 10.5 Å². The summed E-state index contributed by atoms with van der Waals surface area (Å²) in [5.41, 5.74) is 0.899. The van der Waals surface area contributed by atoms with Gasteiger partial charge in [-0.1, -0.05) is 13.3 Å². The van der Waals surface area contributed by atoms with Crippen LogP contribution in [0.1, 0.15) is 30.1 Å². The van der Waals surface area contributed by atoms with Gasteiger partial charge in [-0.25, -0.2) is 17.5 Å². The average molecular weight is 384 g/mol. The maximum Gasteiger partial charge on any atom is 0.338 e. The van der Waals surface area contributed by atoms with Gasteiger partial charge >= 0.3 is 5.97 Å². The van der Waals surface area contributed by atoms with Crippen molar-refractivity contribution in [3.8, 4) is 0 Å². The zero-order valence-corrected chi connectivity index (χ0v) is 16.9. The number of piperazine rings is 1. The van der Waals surface area contributed by atoms with Gasteiger partial charge in [0, 0.05) is 40.3 Å². The van der Waals surface area contributed by atoms with Gasteiger partial charge < -0.3 is 14.5 Å². The minimum absolute atomic E-state index is 0.150. The highest BCUT2D eigenvalue weighted by Gasteiger charge is 2.27. The van der Waals surface area contributed by atoms with Gasteiger partial charge in [0.1, 0.15) is 4.90 Å². The van der Waals surface area contributed by atoms with Crippen LogP contribution in [-0.4, -0.2) is 77.5 Å². The molecule has 1 fully saturated rings. The lowest BCUT2D eigenvalue weighted by atomic mass is 10.1. The minimum atomic E-state index is -3.68. The number of carbonyl (C=O) groups is 1. The van der Waals surface area contributed by atoms with Crippen molar-refractivity contribution >= 4 is 21.7 Å². The van der Waals surface area contributed by atoms with Crippen molar-refractivity contribution in [1.29, 1.82) is 0 Å². The summed E-state index contributed by atoms with van der Waals surface area (Å²) >= 11 is 0. The summed E-state index contributed by atoms with van der Waals surface area (Å²) in [7, 11) is 1.36. The van der Waals surface area contributed by atoms with E-state index < -0.39 is 16.0 Å². The zero-order chi connectivity index (χ0) is 19.3. The van der Waals surface area contributed by atoms with Gasteiger partial charge in [-0.3, -0.25) is 0 Å². The molecular weight excluding hydrogens is 354 g/mol. The van der Waals surface area contributed by atoms with E-state index in [2.05, 4.69) is 9.80 Å². The zero-order valence-electron chi connectivity index (χ0n) is 16.1. The first kappa shape index (κ1) is 20.7. The second-order valence-corrected chi connectivity index (χ2v) is 8.87. The minimum Gasteiger partial charge on any atom is -0.462 e. The van der Waals surface area contributed by atoms with Crippen LogP contribution in [0.15, 0.2) is 23.1 Å². The largest absolute Gasteiger partial charge is 0.462 e. The van der Waals surface area contributed by atoms with Crippen LogP contribution in [0, 0.1) is 0 Å². The number of rotatable bonds is 7. The molecule has 0 unspecified atom stereocenters. The van der Waals surface area contributed by atoms with Crippen molar-refractivity contribution in [3.63, 3.8) is 0 Å². The molecule has 0 spiro atoms. The summed E-state index contributed by atoms with van der Waals surface area (Å²) in [6, 6.07) is 4.81. The van der Waals surface area contributed by atoms with Crippen molar-refractivity contribution in [1.82, 2.24) is 9.21 Å². The first-order valence-electron chi connectivity index (χ1n) is 8.94. The molecule has 8 heteroatoms. The predicted octanol–water partition coefficient (Wildman–Crippen LogP) is 1.65. The Morgan fingerprint density at radius 1 is 1.19 bits per heavy atom. The SMILES string of the molecule is CCCCOC(=O)c1ccc(N2CCN(C)CC2)c(S(=O)(=O)N(C)C)c1. The number of nitrogens with zero attached hydrogens (tertiary/aromatic N) is 3. The van der Waals surface area contributed by atoms with Gasteiger partial charge in [-0.2, -0.15) is 0 Å². The van der Waals surface area contributed by atoms with Crippen LogP contribution in [0.4, 0.5) is 5.69 Å². The molecule has 0 aliphatic carbocycles. The van der Waals surface area contributed by atoms with Gasteiger partial charge in [-0.05, 0) is 31.7 Å². The highest BCUT2D eigenvalue weighted by Crippen LogP contribution is 2.29. The Labute approximate surface area is 156 Å². The number of carbonyl (C=O) groups excluding carboxylic acids is 1. The van der Waals surface area contributed by atoms with E-state index in [1.807, 2.05) is 14.0 Å². The standard InChI is InChI=1S/C18H29N3O4S/c1-5-6-13-25-18(22)15-7-8-16(21-11-9-20(4)10-12-21)17(14-15)26(23,24)19(2)3/h7-8,14H,5-6,9-13H2,1-4H3. The molecular formula is C18H29N3O4S. The highest BCUT2D eigenvalue weighted by molar-refractivity contribution is 7.89. The van der Waals surface area contributed by atoms with Gasteiger partial charge in [0.25, 0.3) is 0 Å². The maximum absolute atomic E-state index is 12.8. The molecule has 1 aromatic carbocycles. The molecule has 0 bridgehead atoms. The van der Waals surface area contributed by atoms with Crippen LogP contribution in [-0.2, 0) is 14.8 Å². The molecule has 2 rings (SSSR count). The van der Waals surface area contributed by atoms with E-state index >= 15 is 0 Å². The van der Waals surface area contributed by atoms with E-state index in [4.69, 9.17) is 4.74 Å². The molecule has 1 aliphatic rings. The van der Waals surface area contributed by atoms with Crippen LogP contribution in [0.5, 0.6) is 0 Å². The van der Waals surface area contributed by atoms with Crippen molar-refractivity contribution in [2.75, 3.05) is 58.8 Å². The van der Waals surface area contributed by atoms with Crippen LogP contribution in [0.3, 0.4) is 0 Å². The molecule has 0 saturated carbocycles. The smallest absolute Gasteiger partial charge is 0.338 e. The second-order valence-electron chi connectivity index (χ2n) is 6.75. The summed E-state index contributed by atoms with van der Waals surface area (Å²) in [6.07, 6.45) is 1.71. The summed E-state index contributed by atoms with van der Waals surface area (Å²) in [6.45, 7) is 5.57. The average Bonchev–Trinajstić information content (AvgIpc) is 2.62. The summed E-state index contributed by atoms with van der Waals surface area (Å²) < 4.78 is 32.1. The molecule has 0 amide bonds. The highest BCUT2D eigenvalue weighted by atomic mass is 32.2. The summed E-state index contributed by atoms with van der Waals surface area (Å²) in [5.74, 6) is -0.487. The van der Waals surface area contributed by atoms with E-state index in [1.165, 1.54) is 24.5 Å². The fraction of sp³-hybridized carbons (Fsp3) is 0.611. The first-order valence-corrected chi connectivity index (χ1v) is 10.4. The van der Waals surface area contributed by atoms with Gasteiger partial charge in [-0.15, -0.1) is 0 Å². The fourth-order valence-corrected chi connectivity index (χ4v) is 3.88. The lowest BCUT2D eigenvalue weighted by Crippen LogP contribution is -2.45. The molecule has 26 heavy (non-hydrogen) atoms. The Morgan fingerprint density at radius 3 is 2.42 bits per heavy atom. The number of esters is 1. The third-order valence-electron chi connectivity index (χ3n) is 4.53. The second kappa shape index (κ2) is 8.83. The third-order valence-corrected chi connectivity index (χ3v) is 6.37. The van der Waals surface area contributed by atoms with Crippen molar-refractivity contribution in [3.05, 3.63) is 23.8 Å². The molecule has 1 aromatic rings. The van der Waals surface area contributed by atoms with E-state index in [0.717, 1.165) is 39.0 Å². The number of ether oxygens (including phenoxy) is 1. The first-order chi connectivity index (χ1) is 12.3. The Balaban J connectivity index is 2.38. The van der Waals surface area contributed by atoms with E-state index in [9.17, 15) is 13.2 Å². The lowest BCUT2D eigenvalue weighted by molar-refractivity contribution is 0.0499. The number of likely N-dealkylation sites (N-methyl/N-ethyl adjacent to an activating group) is 1. The molecule has 0 N–H and O–H groups in total. The topological polar surface area (TPSA) is 70.2 Å². The number of hydrogen-bond donors (Lipinski definition) is 0. The summed E-state index contributed by atoms with van der Waals surface area (Å²) in [4.78, 5) is 16.7. The van der Waals surface area contributed by atoms with Crippen molar-refractivity contribution in [2.45, 2.75) is 24.7 Å². The summed E-state index contributed by atoms with van der Waals surface area (Å²) in [5, 5.41) is 0. The molecule has 146 valence electrons. The Kier molecular flexibility index (Phi) is 7.02. The Bertz CT molecular complexity index is 726. The molecule has 1 saturated heterocycles. The van der Waals surface area contributed by atoms with Crippen LogP contribution < -0.4 is 4.90 Å². The third kappa shape index (κ3) is 4.75.